The van der Waals surface area contributed by atoms with Gasteiger partial charge < -0.3 is 29.5 Å². The number of nitrogens with zero attached hydrogens (tertiary/aromatic N) is 5. The Morgan fingerprint density at radius 3 is 2.53 bits per heavy atom. The van der Waals surface area contributed by atoms with Crippen LogP contribution in [0.3, 0.4) is 0 Å². The molecule has 2 unspecified atom stereocenters. The molecule has 0 saturated carbocycles. The Morgan fingerprint density at radius 2 is 1.76 bits per heavy atom. The largest absolute Gasteiger partial charge is 0.379 e. The van der Waals surface area contributed by atoms with Crippen LogP contribution in [0.5, 0.6) is 0 Å². The van der Waals surface area contributed by atoms with Crippen molar-refractivity contribution in [3.63, 3.8) is 0 Å². The van der Waals surface area contributed by atoms with Crippen molar-refractivity contribution in [1.29, 1.82) is 0 Å². The number of piperidine rings is 1. The molecular weight excluding hydrogens is 504 g/mol. The molecule has 1 aromatic carbocycles. The van der Waals surface area contributed by atoms with E-state index in [0.717, 1.165) is 88.0 Å². The number of halogens is 1. The molecule has 1 aromatic heterocycles. The monoisotopic (exact) mass is 542 g/mol. The highest BCUT2D eigenvalue weighted by Crippen LogP contribution is 2.25. The van der Waals surface area contributed by atoms with Crippen molar-refractivity contribution >= 4 is 29.0 Å². The summed E-state index contributed by atoms with van der Waals surface area (Å²) in [4.78, 5) is 29.2. The molecule has 5 rings (SSSR count). The first-order chi connectivity index (χ1) is 18.5. The van der Waals surface area contributed by atoms with Crippen LogP contribution in [0.25, 0.3) is 0 Å². The van der Waals surface area contributed by atoms with Gasteiger partial charge in [0.2, 0.25) is 0 Å². The molecule has 1 amide bonds. The summed E-state index contributed by atoms with van der Waals surface area (Å²) in [6.45, 7) is 8.39. The number of ether oxygens (including phenoxy) is 2. The normalized spacial score (nSPS) is 23.4. The second-order valence-electron chi connectivity index (χ2n) is 10.5. The summed E-state index contributed by atoms with van der Waals surface area (Å²) >= 11 is 6.07. The summed E-state index contributed by atoms with van der Waals surface area (Å²) in [7, 11) is 1.74. The molecule has 3 fully saturated rings. The Hall–Kier alpha value is -2.46. The first kappa shape index (κ1) is 27.1. The third-order valence-electron chi connectivity index (χ3n) is 8.09. The molecule has 38 heavy (non-hydrogen) atoms. The van der Waals surface area contributed by atoms with Crippen molar-refractivity contribution in [2.45, 2.75) is 50.8 Å². The molecule has 0 radical (unpaired) electrons. The zero-order chi connectivity index (χ0) is 26.5. The lowest BCUT2D eigenvalue weighted by atomic mass is 9.99. The van der Waals surface area contributed by atoms with Crippen LogP contribution in [-0.4, -0.2) is 98.6 Å². The Morgan fingerprint density at radius 1 is 1.03 bits per heavy atom. The number of rotatable bonds is 6. The summed E-state index contributed by atoms with van der Waals surface area (Å²) in [5, 5.41) is 4.51. The van der Waals surface area contributed by atoms with Crippen molar-refractivity contribution in [1.82, 2.24) is 20.2 Å². The molecule has 3 aliphatic rings. The fourth-order valence-electron chi connectivity index (χ4n) is 5.85. The number of carbonyl (C=O) groups excluding carboxylic acids is 1. The summed E-state index contributed by atoms with van der Waals surface area (Å²) < 4.78 is 11.2. The minimum atomic E-state index is 0.00282. The molecular formula is C28H39ClN6O3. The Labute approximate surface area is 230 Å². The summed E-state index contributed by atoms with van der Waals surface area (Å²) in [5.41, 5.74) is 2.56. The first-order valence-corrected chi connectivity index (χ1v) is 14.1. The molecule has 1 N–H and O–H groups in total. The SMILES string of the molecule is COC1COCCC1NC1CCN(C(=O)c2ncnc(N3CCCN(c4ccc(Cl)cc4)CC3)c2C)CC1. The highest BCUT2D eigenvalue weighted by atomic mass is 35.5. The van der Waals surface area contributed by atoms with Crippen molar-refractivity contribution in [2.24, 2.45) is 0 Å². The quantitative estimate of drug-likeness (QED) is 0.596. The van der Waals surface area contributed by atoms with Crippen LogP contribution in [0, 0.1) is 6.92 Å². The Kier molecular flexibility index (Phi) is 8.99. The van der Waals surface area contributed by atoms with Gasteiger partial charge in [-0.1, -0.05) is 11.6 Å². The van der Waals surface area contributed by atoms with Crippen LogP contribution in [0.1, 0.15) is 41.7 Å². The maximum atomic E-state index is 13.5. The maximum absolute atomic E-state index is 13.5. The molecule has 10 heteroatoms. The third kappa shape index (κ3) is 6.22. The van der Waals surface area contributed by atoms with Crippen LogP contribution in [0.4, 0.5) is 11.5 Å². The number of anilines is 2. The standard InChI is InChI=1S/C28H39ClN6O3/c1-20-26(28(36)35-13-8-22(9-14-35)32-24-10-17-38-18-25(24)37-2)30-19-31-27(20)34-12-3-11-33(15-16-34)23-6-4-21(29)5-7-23/h4-7,19,22,24-25,32H,3,8-18H2,1-2H3. The van der Waals surface area contributed by atoms with E-state index in [0.29, 0.717) is 24.4 Å². The lowest BCUT2D eigenvalue weighted by Crippen LogP contribution is -2.54. The molecule has 0 spiro atoms. The van der Waals surface area contributed by atoms with Gasteiger partial charge in [0.25, 0.3) is 5.91 Å². The van der Waals surface area contributed by atoms with E-state index in [1.165, 1.54) is 5.69 Å². The van der Waals surface area contributed by atoms with Crippen molar-refractivity contribution in [2.75, 3.05) is 69.4 Å². The van der Waals surface area contributed by atoms with E-state index >= 15 is 0 Å². The number of carbonyl (C=O) groups is 1. The lowest BCUT2D eigenvalue weighted by molar-refractivity contribution is -0.0533. The average Bonchev–Trinajstić information content (AvgIpc) is 3.20. The van der Waals surface area contributed by atoms with Gasteiger partial charge in [0.15, 0.2) is 0 Å². The van der Waals surface area contributed by atoms with Gasteiger partial charge in [-0.25, -0.2) is 9.97 Å². The molecule has 3 saturated heterocycles. The molecule has 206 valence electrons. The molecule has 4 heterocycles. The van der Waals surface area contributed by atoms with Gasteiger partial charge in [0.05, 0.1) is 12.7 Å². The molecule has 2 aromatic rings. The molecule has 0 bridgehead atoms. The molecule has 9 nitrogen and oxygen atoms in total. The second kappa shape index (κ2) is 12.6. The number of nitrogens with one attached hydrogen (secondary N) is 1. The third-order valence-corrected chi connectivity index (χ3v) is 8.34. The fraction of sp³-hybridized carbons (Fsp3) is 0.607. The highest BCUT2D eigenvalue weighted by molar-refractivity contribution is 6.30. The van der Waals surface area contributed by atoms with Crippen LogP contribution in [0.2, 0.25) is 5.02 Å². The van der Waals surface area contributed by atoms with Gasteiger partial charge in [-0.3, -0.25) is 4.79 Å². The van der Waals surface area contributed by atoms with E-state index in [4.69, 9.17) is 21.1 Å². The summed E-state index contributed by atoms with van der Waals surface area (Å²) in [6.07, 6.45) is 5.43. The van der Waals surface area contributed by atoms with E-state index in [9.17, 15) is 4.79 Å². The average molecular weight is 543 g/mol. The van der Waals surface area contributed by atoms with Crippen LogP contribution < -0.4 is 15.1 Å². The van der Waals surface area contributed by atoms with E-state index in [1.54, 1.807) is 13.4 Å². The molecule has 3 aliphatic heterocycles. The lowest BCUT2D eigenvalue weighted by Gasteiger charge is -2.38. The van der Waals surface area contributed by atoms with E-state index < -0.39 is 0 Å². The van der Waals surface area contributed by atoms with Crippen molar-refractivity contribution in [3.8, 4) is 0 Å². The van der Waals surface area contributed by atoms with E-state index in [-0.39, 0.29) is 12.0 Å². The minimum absolute atomic E-state index is 0.00282. The van der Waals surface area contributed by atoms with Crippen molar-refractivity contribution in [3.05, 3.63) is 46.9 Å². The summed E-state index contributed by atoms with van der Waals surface area (Å²) in [6, 6.07) is 8.70. The Balaban J connectivity index is 1.19. The predicted molar refractivity (Wildman–Crippen MR) is 149 cm³/mol. The number of amides is 1. The molecule has 0 aliphatic carbocycles. The van der Waals surface area contributed by atoms with Gasteiger partial charge in [-0.15, -0.1) is 0 Å². The van der Waals surface area contributed by atoms with Gasteiger partial charge in [-0.05, 0) is 56.9 Å². The number of likely N-dealkylation sites (tertiary alicyclic amines) is 1. The second-order valence-corrected chi connectivity index (χ2v) is 10.9. The number of methoxy groups -OCH3 is 1. The predicted octanol–water partition coefficient (Wildman–Crippen LogP) is 3.15. The van der Waals surface area contributed by atoms with E-state index in [1.807, 2.05) is 24.0 Å². The topological polar surface area (TPSA) is 83.1 Å². The van der Waals surface area contributed by atoms with Gasteiger partial charge in [0, 0.05) is 81.3 Å². The maximum Gasteiger partial charge on any atom is 0.272 e. The fourth-order valence-corrected chi connectivity index (χ4v) is 5.98. The van der Waals surface area contributed by atoms with Gasteiger partial charge >= 0.3 is 0 Å². The van der Waals surface area contributed by atoms with Crippen LogP contribution >= 0.6 is 11.6 Å². The van der Waals surface area contributed by atoms with Gasteiger partial charge in [0.1, 0.15) is 17.8 Å². The minimum Gasteiger partial charge on any atom is -0.379 e. The number of benzene rings is 1. The number of aromatic nitrogens is 2. The number of hydrogen-bond acceptors (Lipinski definition) is 8. The van der Waals surface area contributed by atoms with E-state index in [2.05, 4.69) is 37.2 Å². The zero-order valence-corrected chi connectivity index (χ0v) is 23.2. The highest BCUT2D eigenvalue weighted by Gasteiger charge is 2.31. The van der Waals surface area contributed by atoms with Crippen molar-refractivity contribution < 1.29 is 14.3 Å². The smallest absolute Gasteiger partial charge is 0.272 e. The van der Waals surface area contributed by atoms with Gasteiger partial charge in [-0.2, -0.15) is 0 Å². The molecule has 2 atom stereocenters. The first-order valence-electron chi connectivity index (χ1n) is 13.8. The zero-order valence-electron chi connectivity index (χ0n) is 22.4. The van der Waals surface area contributed by atoms with Crippen LogP contribution in [0.15, 0.2) is 30.6 Å². The summed E-state index contributed by atoms with van der Waals surface area (Å²) in [5.74, 6) is 0.867. The Bertz CT molecular complexity index is 1080. The van der Waals surface area contributed by atoms with Crippen LogP contribution in [-0.2, 0) is 9.47 Å². The number of hydrogen-bond donors (Lipinski definition) is 1.